The first kappa shape index (κ1) is 33.2. The van der Waals surface area contributed by atoms with Crippen LogP contribution in [0.1, 0.15) is 24.1 Å². The van der Waals surface area contributed by atoms with Gasteiger partial charge in [0.05, 0.1) is 16.8 Å². The number of halogens is 1. The Morgan fingerprint density at radius 2 is 1.96 bits per heavy atom. The summed E-state index contributed by atoms with van der Waals surface area (Å²) in [5.41, 5.74) is 2.81. The molecule has 0 spiro atoms. The smallest absolute Gasteiger partial charge is 0.236 e. The number of pyridine rings is 1. The fraction of sp³-hybridized carbons (Fsp3) is 0.324. The van der Waals surface area contributed by atoms with Crippen LogP contribution in [0.15, 0.2) is 72.9 Å². The number of nitrogens with zero attached hydrogens (tertiary/aromatic N) is 3. The molecule has 3 N–H and O–H groups in total. The van der Waals surface area contributed by atoms with Crippen molar-refractivity contribution in [2.45, 2.75) is 25.5 Å². The van der Waals surface area contributed by atoms with Crippen LogP contribution in [0.4, 0.5) is 15.8 Å². The van der Waals surface area contributed by atoms with Gasteiger partial charge in [-0.3, -0.25) is 19.5 Å². The van der Waals surface area contributed by atoms with E-state index >= 15 is 4.39 Å². The van der Waals surface area contributed by atoms with Crippen molar-refractivity contribution in [1.29, 1.82) is 0 Å². The van der Waals surface area contributed by atoms with Gasteiger partial charge in [-0.1, -0.05) is 24.3 Å². The SMILES string of the molecule is COCCNCCC(O)N1CC=C(c2cc3nccc(Oc4ccc(NC(=O)CC(=O)N(C)c5ccccc5)cc4F)c3s2)CC1. The molecule has 3 heterocycles. The van der Waals surface area contributed by atoms with Crippen LogP contribution in [0.3, 0.4) is 0 Å². The number of carbonyl (C=O) groups excluding carboxylic acids is 2. The highest BCUT2D eigenvalue weighted by Gasteiger charge is 2.21. The van der Waals surface area contributed by atoms with Gasteiger partial charge in [-0.2, -0.15) is 0 Å². The summed E-state index contributed by atoms with van der Waals surface area (Å²) in [5.74, 6) is -1.12. The number of rotatable bonds is 14. The number of thiophene rings is 1. The van der Waals surface area contributed by atoms with Crippen LogP contribution in [0.5, 0.6) is 11.5 Å². The Morgan fingerprint density at radius 3 is 2.70 bits per heavy atom. The summed E-state index contributed by atoms with van der Waals surface area (Å²) >= 11 is 1.53. The zero-order valence-corrected chi connectivity index (χ0v) is 26.7. The van der Waals surface area contributed by atoms with Crippen LogP contribution in [-0.4, -0.2) is 80.0 Å². The summed E-state index contributed by atoms with van der Waals surface area (Å²) in [6.07, 6.45) is 4.27. The van der Waals surface area contributed by atoms with Gasteiger partial charge < -0.3 is 30.1 Å². The quantitative estimate of drug-likeness (QED) is 0.126. The number of methoxy groups -OCH3 is 1. The number of aromatic nitrogens is 1. The molecule has 2 amide bonds. The van der Waals surface area contributed by atoms with Crippen molar-refractivity contribution < 1.29 is 28.6 Å². The number of fused-ring (bicyclic) bond motifs is 1. The van der Waals surface area contributed by atoms with E-state index in [1.54, 1.807) is 50.7 Å². The number of aliphatic hydroxyl groups is 1. The molecule has 1 unspecified atom stereocenters. The molecule has 0 fully saturated rings. The molecule has 0 saturated carbocycles. The van der Waals surface area contributed by atoms with Gasteiger partial charge in [0, 0.05) is 68.4 Å². The fourth-order valence-electron chi connectivity index (χ4n) is 5.08. The highest BCUT2D eigenvalue weighted by atomic mass is 32.1. The maximum atomic E-state index is 15.1. The normalized spacial score (nSPS) is 14.1. The molecule has 46 heavy (non-hydrogen) atoms. The second kappa shape index (κ2) is 15.9. The molecule has 5 rings (SSSR count). The molecule has 0 radical (unpaired) electrons. The lowest BCUT2D eigenvalue weighted by atomic mass is 10.1. The van der Waals surface area contributed by atoms with E-state index in [1.165, 1.54) is 40.0 Å². The first-order chi connectivity index (χ1) is 22.3. The standard InChI is InChI=1S/C34H38FN5O5S/c1-39(25-6-4-3-5-7-25)33(43)22-31(41)38-24-8-9-28(26(35)20-24)45-29-10-15-37-27-21-30(46-34(27)29)23-12-17-40(18-13-23)32(42)11-14-36-16-19-44-2/h3-10,12,15,20-21,32,36,42H,11,13-14,16-19,22H2,1-2H3,(H,38,41). The van der Waals surface area contributed by atoms with Crippen LogP contribution in [0.2, 0.25) is 0 Å². The second-order valence-electron chi connectivity index (χ2n) is 10.9. The summed E-state index contributed by atoms with van der Waals surface area (Å²) in [6.45, 7) is 3.50. The predicted octanol–water partition coefficient (Wildman–Crippen LogP) is 5.25. The number of ether oxygens (including phenoxy) is 2. The van der Waals surface area contributed by atoms with E-state index in [0.29, 0.717) is 37.6 Å². The number of nitrogens with one attached hydrogen (secondary N) is 2. The third-order valence-electron chi connectivity index (χ3n) is 7.68. The van der Waals surface area contributed by atoms with E-state index in [4.69, 9.17) is 9.47 Å². The molecule has 0 bridgehead atoms. The molecule has 1 atom stereocenters. The topological polar surface area (TPSA) is 116 Å². The number of carbonyl (C=O) groups is 2. The molecular formula is C34H38FN5O5S. The zero-order chi connectivity index (χ0) is 32.5. The molecule has 0 aliphatic carbocycles. The summed E-state index contributed by atoms with van der Waals surface area (Å²) in [6, 6.07) is 16.9. The summed E-state index contributed by atoms with van der Waals surface area (Å²) in [5, 5.41) is 16.4. The average Bonchev–Trinajstić information content (AvgIpc) is 3.51. The lowest BCUT2D eigenvalue weighted by molar-refractivity contribution is -0.125. The Kier molecular flexibility index (Phi) is 11.4. The van der Waals surface area contributed by atoms with Gasteiger partial charge in [-0.25, -0.2) is 4.39 Å². The van der Waals surface area contributed by atoms with Crippen LogP contribution in [-0.2, 0) is 14.3 Å². The minimum Gasteiger partial charge on any atom is -0.453 e. The van der Waals surface area contributed by atoms with Crippen molar-refractivity contribution in [2.24, 2.45) is 0 Å². The van der Waals surface area contributed by atoms with E-state index < -0.39 is 18.0 Å². The Morgan fingerprint density at radius 1 is 1.13 bits per heavy atom. The number of benzene rings is 2. The molecule has 242 valence electrons. The summed E-state index contributed by atoms with van der Waals surface area (Å²) in [4.78, 5) is 34.0. The lowest BCUT2D eigenvalue weighted by Crippen LogP contribution is -2.40. The van der Waals surface area contributed by atoms with E-state index in [1.807, 2.05) is 12.1 Å². The number of aliphatic hydroxyl groups excluding tert-OH is 1. The molecule has 1 aliphatic rings. The van der Waals surface area contributed by atoms with Gasteiger partial charge in [0.15, 0.2) is 11.6 Å². The first-order valence-corrected chi connectivity index (χ1v) is 15.9. The Labute approximate surface area is 271 Å². The minimum absolute atomic E-state index is 0.00134. The molecule has 1 aliphatic heterocycles. The van der Waals surface area contributed by atoms with E-state index in [2.05, 4.69) is 26.6 Å². The highest BCUT2D eigenvalue weighted by molar-refractivity contribution is 7.20. The summed E-state index contributed by atoms with van der Waals surface area (Å²) < 4.78 is 26.9. The van der Waals surface area contributed by atoms with Crippen LogP contribution in [0.25, 0.3) is 15.8 Å². The number of para-hydroxylation sites is 1. The zero-order valence-electron chi connectivity index (χ0n) is 25.9. The highest BCUT2D eigenvalue weighted by Crippen LogP contribution is 2.39. The number of hydrogen-bond donors (Lipinski definition) is 3. The number of amides is 2. The van der Waals surface area contributed by atoms with E-state index in [-0.39, 0.29) is 23.8 Å². The van der Waals surface area contributed by atoms with E-state index in [9.17, 15) is 14.7 Å². The summed E-state index contributed by atoms with van der Waals surface area (Å²) in [7, 11) is 3.26. The molecule has 10 nitrogen and oxygen atoms in total. The first-order valence-electron chi connectivity index (χ1n) is 15.1. The van der Waals surface area contributed by atoms with Crippen molar-refractivity contribution in [3.63, 3.8) is 0 Å². The Bertz CT molecular complexity index is 1680. The van der Waals surface area contributed by atoms with Crippen molar-refractivity contribution >= 4 is 50.3 Å². The van der Waals surface area contributed by atoms with Gasteiger partial charge >= 0.3 is 0 Å². The molecule has 2 aromatic heterocycles. The van der Waals surface area contributed by atoms with Crippen molar-refractivity contribution in [3.8, 4) is 11.5 Å². The van der Waals surface area contributed by atoms with Crippen LogP contribution >= 0.6 is 11.3 Å². The number of hydrogen-bond acceptors (Lipinski definition) is 9. The Balaban J connectivity index is 1.19. The molecular weight excluding hydrogens is 609 g/mol. The monoisotopic (exact) mass is 647 g/mol. The van der Waals surface area contributed by atoms with E-state index in [0.717, 1.165) is 34.6 Å². The maximum Gasteiger partial charge on any atom is 0.236 e. The molecule has 12 heteroatoms. The van der Waals surface area contributed by atoms with Gasteiger partial charge in [0.2, 0.25) is 11.8 Å². The van der Waals surface area contributed by atoms with Gasteiger partial charge in [-0.15, -0.1) is 11.3 Å². The third kappa shape index (κ3) is 8.53. The van der Waals surface area contributed by atoms with Crippen molar-refractivity contribution in [2.75, 3.05) is 57.2 Å². The van der Waals surface area contributed by atoms with Crippen LogP contribution < -0.4 is 20.3 Å². The molecule has 0 saturated heterocycles. The van der Waals surface area contributed by atoms with Gasteiger partial charge in [0.25, 0.3) is 0 Å². The largest absolute Gasteiger partial charge is 0.453 e. The molecule has 2 aromatic carbocycles. The predicted molar refractivity (Wildman–Crippen MR) is 179 cm³/mol. The average molecular weight is 648 g/mol. The number of anilines is 2. The lowest BCUT2D eigenvalue weighted by Gasteiger charge is -2.30. The van der Waals surface area contributed by atoms with Crippen molar-refractivity contribution in [3.05, 3.63) is 83.6 Å². The fourth-order valence-corrected chi connectivity index (χ4v) is 6.22. The second-order valence-corrected chi connectivity index (χ2v) is 11.9. The van der Waals surface area contributed by atoms with Crippen LogP contribution in [0, 0.1) is 5.82 Å². The maximum absolute atomic E-state index is 15.1. The minimum atomic E-state index is -0.658. The third-order valence-corrected chi connectivity index (χ3v) is 8.90. The molecule has 4 aromatic rings. The van der Waals surface area contributed by atoms with Crippen molar-refractivity contribution in [1.82, 2.24) is 15.2 Å². The Hall–Kier alpha value is -4.20. The van der Waals surface area contributed by atoms with Gasteiger partial charge in [0.1, 0.15) is 18.4 Å². The van der Waals surface area contributed by atoms with Gasteiger partial charge in [-0.05, 0) is 55.3 Å².